The maximum absolute atomic E-state index is 12.7. The molecule has 1 aromatic heterocycles. The first-order chi connectivity index (χ1) is 13.5. The van der Waals surface area contributed by atoms with Crippen molar-refractivity contribution in [2.45, 2.75) is 37.9 Å². The third kappa shape index (κ3) is 4.17. The quantitative estimate of drug-likeness (QED) is 0.812. The number of benzene rings is 1. The highest BCUT2D eigenvalue weighted by Crippen LogP contribution is 2.48. The molecule has 1 aromatic carbocycles. The second kappa shape index (κ2) is 6.86. The second-order valence-electron chi connectivity index (χ2n) is 7.73. The van der Waals surface area contributed by atoms with Gasteiger partial charge in [-0.2, -0.15) is 18.3 Å². The van der Waals surface area contributed by atoms with E-state index in [-0.39, 0.29) is 35.3 Å². The number of carbonyl (C=O) groups excluding carboxylic acids is 1. The highest BCUT2D eigenvalue weighted by Gasteiger charge is 2.44. The second-order valence-corrected chi connectivity index (χ2v) is 9.96. The van der Waals surface area contributed by atoms with Crippen molar-refractivity contribution in [3.05, 3.63) is 47.2 Å². The molecule has 10 heteroatoms. The summed E-state index contributed by atoms with van der Waals surface area (Å²) >= 11 is 0. The molecule has 29 heavy (non-hydrogen) atoms. The van der Waals surface area contributed by atoms with Gasteiger partial charge in [0, 0.05) is 12.0 Å². The Hall–Kier alpha value is -2.36. The average molecular weight is 427 g/mol. The van der Waals surface area contributed by atoms with Gasteiger partial charge in [0.25, 0.3) is 0 Å². The first kappa shape index (κ1) is 19.9. The van der Waals surface area contributed by atoms with Crippen molar-refractivity contribution < 1.29 is 26.4 Å². The minimum absolute atomic E-state index is 0.00536. The number of carbonyl (C=O) groups is 1. The summed E-state index contributed by atoms with van der Waals surface area (Å²) in [4.78, 5) is 12.6. The van der Waals surface area contributed by atoms with Gasteiger partial charge < -0.3 is 5.32 Å². The van der Waals surface area contributed by atoms with Crippen LogP contribution in [0, 0.1) is 12.8 Å². The maximum atomic E-state index is 12.7. The van der Waals surface area contributed by atoms with Gasteiger partial charge in [0.05, 0.1) is 28.8 Å². The molecule has 4 rings (SSSR count). The Bertz CT molecular complexity index is 1040. The molecular weight excluding hydrogens is 407 g/mol. The number of sulfone groups is 1. The Labute approximate surface area is 166 Å². The molecular formula is C19H20F3N3O3S. The predicted molar refractivity (Wildman–Crippen MR) is 100 cm³/mol. The van der Waals surface area contributed by atoms with Gasteiger partial charge in [-0.25, -0.2) is 13.1 Å². The minimum Gasteiger partial charge on any atom is -0.311 e. The zero-order valence-corrected chi connectivity index (χ0v) is 16.4. The van der Waals surface area contributed by atoms with E-state index in [1.807, 2.05) is 0 Å². The fourth-order valence-electron chi connectivity index (χ4n) is 3.85. The van der Waals surface area contributed by atoms with E-state index in [1.54, 1.807) is 17.7 Å². The van der Waals surface area contributed by atoms with Crippen molar-refractivity contribution in [1.29, 1.82) is 0 Å². The molecule has 0 bridgehead atoms. The summed E-state index contributed by atoms with van der Waals surface area (Å²) in [5, 5.41) is 7.15. The van der Waals surface area contributed by atoms with Crippen molar-refractivity contribution in [3.63, 3.8) is 0 Å². The summed E-state index contributed by atoms with van der Waals surface area (Å²) in [5.41, 5.74) is 0.651. The average Bonchev–Trinajstić information content (AvgIpc) is 3.24. The van der Waals surface area contributed by atoms with Crippen molar-refractivity contribution in [2.75, 3.05) is 16.8 Å². The van der Waals surface area contributed by atoms with Gasteiger partial charge >= 0.3 is 6.18 Å². The number of hydrogen-bond acceptors (Lipinski definition) is 4. The third-order valence-corrected chi connectivity index (χ3v) is 7.21. The Morgan fingerprint density at radius 2 is 1.93 bits per heavy atom. The molecule has 156 valence electrons. The van der Waals surface area contributed by atoms with Gasteiger partial charge in [-0.05, 0) is 43.4 Å². The first-order valence-corrected chi connectivity index (χ1v) is 11.1. The van der Waals surface area contributed by atoms with Crippen LogP contribution in [-0.2, 0) is 20.8 Å². The molecule has 0 spiro atoms. The van der Waals surface area contributed by atoms with Crippen LogP contribution >= 0.6 is 0 Å². The summed E-state index contributed by atoms with van der Waals surface area (Å²) in [5.74, 6) is -0.147. The van der Waals surface area contributed by atoms with Gasteiger partial charge in [0.1, 0.15) is 5.82 Å². The molecule has 2 aromatic rings. The normalized spacial score (nSPS) is 25.7. The smallest absolute Gasteiger partial charge is 0.311 e. The Morgan fingerprint density at radius 3 is 2.52 bits per heavy atom. The molecule has 1 aliphatic heterocycles. The molecule has 1 amide bonds. The number of hydrogen-bond donors (Lipinski definition) is 1. The standard InChI is InChI=1S/C19H20F3N3O3S/c1-11-8-17(25(24-11)14-6-7-29(27,28)10-14)23-18(26)16-9-15(16)12-2-4-13(5-3-12)19(20,21)22/h2-5,8,14-16H,6-7,9-10H2,1H3,(H,23,26)/t14-,15+,16-/m1/s1. The lowest BCUT2D eigenvalue weighted by molar-refractivity contribution is -0.137. The van der Waals surface area contributed by atoms with Crippen LogP contribution in [0.5, 0.6) is 0 Å². The van der Waals surface area contributed by atoms with E-state index in [2.05, 4.69) is 10.4 Å². The van der Waals surface area contributed by atoms with Crippen LogP contribution < -0.4 is 5.32 Å². The molecule has 2 aliphatic rings. The fraction of sp³-hybridized carbons (Fsp3) is 0.474. The predicted octanol–water partition coefficient (Wildman–Crippen LogP) is 3.31. The van der Waals surface area contributed by atoms with E-state index in [9.17, 15) is 26.4 Å². The van der Waals surface area contributed by atoms with Crippen molar-refractivity contribution in [1.82, 2.24) is 9.78 Å². The van der Waals surface area contributed by atoms with Crippen LogP contribution in [0.2, 0.25) is 0 Å². The fourth-order valence-corrected chi connectivity index (χ4v) is 5.54. The van der Waals surface area contributed by atoms with Crippen LogP contribution in [0.4, 0.5) is 19.0 Å². The van der Waals surface area contributed by atoms with Crippen molar-refractivity contribution in [2.24, 2.45) is 5.92 Å². The monoisotopic (exact) mass is 427 g/mol. The molecule has 1 saturated carbocycles. The Morgan fingerprint density at radius 1 is 1.24 bits per heavy atom. The molecule has 0 radical (unpaired) electrons. The van der Waals surface area contributed by atoms with Gasteiger partial charge in [0.2, 0.25) is 5.91 Å². The van der Waals surface area contributed by atoms with Crippen molar-refractivity contribution in [3.8, 4) is 0 Å². The van der Waals surface area contributed by atoms with Gasteiger partial charge in [0.15, 0.2) is 9.84 Å². The van der Waals surface area contributed by atoms with E-state index in [4.69, 9.17) is 0 Å². The first-order valence-electron chi connectivity index (χ1n) is 9.28. The van der Waals surface area contributed by atoms with E-state index in [1.165, 1.54) is 12.1 Å². The highest BCUT2D eigenvalue weighted by molar-refractivity contribution is 7.91. The minimum atomic E-state index is -4.39. The van der Waals surface area contributed by atoms with Gasteiger partial charge in [-0.3, -0.25) is 4.79 Å². The Balaban J connectivity index is 1.44. The lowest BCUT2D eigenvalue weighted by Crippen LogP contribution is -2.21. The zero-order chi connectivity index (χ0) is 21.0. The summed E-state index contributed by atoms with van der Waals surface area (Å²) in [6.07, 6.45) is -3.38. The summed E-state index contributed by atoms with van der Waals surface area (Å²) in [7, 11) is -3.10. The summed E-state index contributed by atoms with van der Waals surface area (Å²) in [6.45, 7) is 1.76. The highest BCUT2D eigenvalue weighted by atomic mass is 32.2. The van der Waals surface area contributed by atoms with Crippen LogP contribution in [0.15, 0.2) is 30.3 Å². The largest absolute Gasteiger partial charge is 0.416 e. The lowest BCUT2D eigenvalue weighted by Gasteiger charge is -2.14. The summed E-state index contributed by atoms with van der Waals surface area (Å²) < 4.78 is 63.2. The van der Waals surface area contributed by atoms with Crippen LogP contribution in [0.3, 0.4) is 0 Å². The Kier molecular flexibility index (Phi) is 4.71. The number of aromatic nitrogens is 2. The number of alkyl halides is 3. The van der Waals surface area contributed by atoms with Crippen LogP contribution in [0.1, 0.15) is 41.6 Å². The van der Waals surface area contributed by atoms with Crippen LogP contribution in [0.25, 0.3) is 0 Å². The SMILES string of the molecule is Cc1cc(NC(=O)[C@@H]2C[C@H]2c2ccc(C(F)(F)F)cc2)n([C@@H]2CCS(=O)(=O)C2)n1. The lowest BCUT2D eigenvalue weighted by atomic mass is 10.1. The van der Waals surface area contributed by atoms with E-state index in [0.717, 1.165) is 12.1 Å². The topological polar surface area (TPSA) is 81.1 Å². The third-order valence-electron chi connectivity index (χ3n) is 5.46. The molecule has 1 aliphatic carbocycles. The molecule has 2 heterocycles. The molecule has 2 fully saturated rings. The number of aryl methyl sites for hydroxylation is 1. The van der Waals surface area contributed by atoms with Gasteiger partial charge in [-0.1, -0.05) is 12.1 Å². The number of halogens is 3. The molecule has 0 unspecified atom stereocenters. The number of nitrogens with one attached hydrogen (secondary N) is 1. The molecule has 6 nitrogen and oxygen atoms in total. The van der Waals surface area contributed by atoms with E-state index >= 15 is 0 Å². The molecule has 1 N–H and O–H groups in total. The van der Waals surface area contributed by atoms with Crippen molar-refractivity contribution >= 4 is 21.6 Å². The molecule has 1 saturated heterocycles. The summed E-state index contributed by atoms with van der Waals surface area (Å²) in [6, 6.07) is 6.27. The maximum Gasteiger partial charge on any atom is 0.416 e. The number of nitrogens with zero attached hydrogens (tertiary/aromatic N) is 2. The zero-order valence-electron chi connectivity index (χ0n) is 15.6. The van der Waals surface area contributed by atoms with Crippen LogP contribution in [-0.4, -0.2) is 35.6 Å². The number of amides is 1. The number of anilines is 1. The van der Waals surface area contributed by atoms with E-state index < -0.39 is 21.6 Å². The van der Waals surface area contributed by atoms with E-state index in [0.29, 0.717) is 29.9 Å². The number of rotatable bonds is 4. The van der Waals surface area contributed by atoms with Gasteiger partial charge in [-0.15, -0.1) is 0 Å². The molecule has 3 atom stereocenters.